The van der Waals surface area contributed by atoms with Gasteiger partial charge in [0.25, 0.3) is 0 Å². The Morgan fingerprint density at radius 1 is 0.971 bits per heavy atom. The van der Waals surface area contributed by atoms with Gasteiger partial charge >= 0.3 is 0 Å². The van der Waals surface area contributed by atoms with Crippen LogP contribution in [0, 0.1) is 12.7 Å². The summed E-state index contributed by atoms with van der Waals surface area (Å²) in [5, 5.41) is 0. The van der Waals surface area contributed by atoms with E-state index in [9.17, 15) is 9.18 Å². The second-order valence-electron chi connectivity index (χ2n) is 8.39. The number of halogens is 1. The first kappa shape index (κ1) is 31.6. The van der Waals surface area contributed by atoms with Crippen LogP contribution in [0.2, 0.25) is 0 Å². The summed E-state index contributed by atoms with van der Waals surface area (Å²) in [7, 11) is 0. The molecule has 0 fully saturated rings. The molecule has 3 rings (SSSR count). The van der Waals surface area contributed by atoms with Crippen molar-refractivity contribution < 1.29 is 9.18 Å². The highest BCUT2D eigenvalue weighted by atomic mass is 19.1. The van der Waals surface area contributed by atoms with Crippen molar-refractivity contribution in [3.05, 3.63) is 65.5 Å². The lowest BCUT2D eigenvalue weighted by Crippen LogP contribution is -2.43. The number of hydrogen-bond acceptors (Lipinski definition) is 2. The third kappa shape index (κ3) is 12.8. The number of amides is 1. The van der Waals surface area contributed by atoms with Gasteiger partial charge in [-0.25, -0.2) is 4.39 Å². The lowest BCUT2D eigenvalue weighted by molar-refractivity contribution is -0.129. The predicted molar refractivity (Wildman–Crippen MR) is 147 cm³/mol. The molecule has 1 amide bonds. The van der Waals surface area contributed by atoms with Gasteiger partial charge in [-0.1, -0.05) is 90.3 Å². The van der Waals surface area contributed by atoms with E-state index >= 15 is 0 Å². The van der Waals surface area contributed by atoms with Gasteiger partial charge in [-0.15, -0.1) is 0 Å². The maximum absolute atomic E-state index is 13.4. The molecule has 0 spiro atoms. The van der Waals surface area contributed by atoms with Crippen LogP contribution in [0.1, 0.15) is 84.8 Å². The molecule has 0 unspecified atom stereocenters. The Morgan fingerprint density at radius 2 is 1.62 bits per heavy atom. The Morgan fingerprint density at radius 3 is 2.15 bits per heavy atom. The molecular weight excluding hydrogens is 423 g/mol. The number of aryl methyl sites for hydroxylation is 2. The Bertz CT molecular complexity index is 764. The third-order valence-electron chi connectivity index (χ3n) is 5.15. The van der Waals surface area contributed by atoms with Gasteiger partial charge in [-0.3, -0.25) is 4.79 Å². The summed E-state index contributed by atoms with van der Waals surface area (Å²) in [6, 6.07) is 15.2. The van der Waals surface area contributed by atoms with Gasteiger partial charge in [-0.05, 0) is 56.4 Å². The number of nitrogens with zero attached hydrogens (tertiary/aromatic N) is 2. The van der Waals surface area contributed by atoms with E-state index in [-0.39, 0.29) is 11.7 Å². The maximum Gasteiger partial charge on any atom is 0.242 e. The summed E-state index contributed by atoms with van der Waals surface area (Å²) in [6.07, 6.45) is 6.25. The summed E-state index contributed by atoms with van der Waals surface area (Å²) in [4.78, 5) is 16.7. The van der Waals surface area contributed by atoms with Crippen molar-refractivity contribution in [2.45, 2.75) is 87.0 Å². The zero-order chi connectivity index (χ0) is 25.8. The van der Waals surface area contributed by atoms with Gasteiger partial charge in [-0.2, -0.15) is 0 Å². The molecule has 0 aliphatic carbocycles. The first-order chi connectivity index (χ1) is 16.5. The molecule has 0 bridgehead atoms. The van der Waals surface area contributed by atoms with Gasteiger partial charge in [0, 0.05) is 25.3 Å². The molecule has 1 heterocycles. The van der Waals surface area contributed by atoms with Crippen LogP contribution in [0.25, 0.3) is 0 Å². The highest BCUT2D eigenvalue weighted by molar-refractivity contribution is 5.82. The standard InChI is InChI=1S/C18H27FN2O.C7H8.C3H8.C2H6/c1-3-5-11-20(10-4-2)18(22)14-21-12-6-7-15-13-16(19)8-9-17(15)21;1-7-5-3-2-4-6-7;1-3-2;1-2/h8-9,13H,3-7,10-12,14H2,1-2H3;2-6H,1H3;3H2,1-2H3;1-2H3. The monoisotopic (exact) mass is 472 g/mol. The minimum Gasteiger partial charge on any atom is -0.362 e. The van der Waals surface area contributed by atoms with Crippen molar-refractivity contribution >= 4 is 11.6 Å². The van der Waals surface area contributed by atoms with Gasteiger partial charge in [0.2, 0.25) is 5.91 Å². The highest BCUT2D eigenvalue weighted by Crippen LogP contribution is 2.27. The van der Waals surface area contributed by atoms with Gasteiger partial charge in [0.15, 0.2) is 0 Å². The van der Waals surface area contributed by atoms with Crippen molar-refractivity contribution in [3.8, 4) is 0 Å². The highest BCUT2D eigenvalue weighted by Gasteiger charge is 2.22. The van der Waals surface area contributed by atoms with E-state index in [0.717, 1.165) is 63.0 Å². The quantitative estimate of drug-likeness (QED) is 0.407. The smallest absolute Gasteiger partial charge is 0.242 e. The largest absolute Gasteiger partial charge is 0.362 e. The molecular formula is C30H49FN2O. The van der Waals surface area contributed by atoms with E-state index in [1.54, 1.807) is 6.07 Å². The Hall–Kier alpha value is -2.36. The second kappa shape index (κ2) is 20.1. The molecule has 2 aromatic rings. The zero-order valence-electron chi connectivity index (χ0n) is 22.9. The van der Waals surface area contributed by atoms with Crippen LogP contribution < -0.4 is 4.90 Å². The van der Waals surface area contributed by atoms with Crippen LogP contribution in [-0.2, 0) is 11.2 Å². The van der Waals surface area contributed by atoms with Gasteiger partial charge in [0.1, 0.15) is 5.82 Å². The Balaban J connectivity index is 0.000000750. The first-order valence-corrected chi connectivity index (χ1v) is 13.3. The van der Waals surface area contributed by atoms with Crippen LogP contribution in [-0.4, -0.2) is 37.0 Å². The van der Waals surface area contributed by atoms with Crippen molar-refractivity contribution in [1.29, 1.82) is 0 Å². The molecule has 2 aromatic carbocycles. The zero-order valence-corrected chi connectivity index (χ0v) is 22.9. The van der Waals surface area contributed by atoms with Crippen LogP contribution >= 0.6 is 0 Å². The van der Waals surface area contributed by atoms with E-state index in [0.29, 0.717) is 6.54 Å². The van der Waals surface area contributed by atoms with Gasteiger partial charge < -0.3 is 9.80 Å². The predicted octanol–water partition coefficient (Wildman–Crippen LogP) is 8.05. The molecule has 0 saturated heterocycles. The average Bonchev–Trinajstić information content (AvgIpc) is 2.84. The molecule has 0 N–H and O–H groups in total. The summed E-state index contributed by atoms with van der Waals surface area (Å²) in [5.74, 6) is -0.00467. The molecule has 192 valence electrons. The van der Waals surface area contributed by atoms with Crippen molar-refractivity contribution in [3.63, 3.8) is 0 Å². The number of benzene rings is 2. The molecule has 4 heteroatoms. The normalized spacial score (nSPS) is 11.5. The molecule has 0 atom stereocenters. The molecule has 3 nitrogen and oxygen atoms in total. The molecule has 1 aliphatic heterocycles. The van der Waals surface area contributed by atoms with E-state index in [1.165, 1.54) is 18.1 Å². The van der Waals surface area contributed by atoms with Crippen LogP contribution in [0.5, 0.6) is 0 Å². The number of anilines is 1. The summed E-state index contributed by atoms with van der Waals surface area (Å²) in [5.41, 5.74) is 3.37. The van der Waals surface area contributed by atoms with Crippen molar-refractivity contribution in [1.82, 2.24) is 4.90 Å². The molecule has 0 radical (unpaired) electrons. The van der Waals surface area contributed by atoms with E-state index < -0.39 is 0 Å². The Labute approximate surface area is 209 Å². The van der Waals surface area contributed by atoms with Crippen LogP contribution in [0.4, 0.5) is 10.1 Å². The summed E-state index contributed by atoms with van der Waals surface area (Å²) >= 11 is 0. The van der Waals surface area contributed by atoms with Crippen molar-refractivity contribution in [2.24, 2.45) is 0 Å². The van der Waals surface area contributed by atoms with Gasteiger partial charge in [0.05, 0.1) is 6.54 Å². The molecule has 1 aliphatic rings. The number of carbonyl (C=O) groups is 1. The van der Waals surface area contributed by atoms with Crippen molar-refractivity contribution in [2.75, 3.05) is 31.1 Å². The fraction of sp³-hybridized carbons (Fsp3) is 0.567. The number of carbonyl (C=O) groups excluding carboxylic acids is 1. The number of fused-ring (bicyclic) bond motifs is 1. The second-order valence-corrected chi connectivity index (χ2v) is 8.39. The summed E-state index contributed by atoms with van der Waals surface area (Å²) in [6.45, 7) is 17.5. The number of hydrogen-bond donors (Lipinski definition) is 0. The lowest BCUT2D eigenvalue weighted by Gasteiger charge is -2.33. The van der Waals surface area contributed by atoms with E-state index in [1.807, 2.05) is 43.0 Å². The summed E-state index contributed by atoms with van der Waals surface area (Å²) < 4.78 is 13.4. The van der Waals surface area contributed by atoms with Crippen LogP contribution in [0.15, 0.2) is 48.5 Å². The fourth-order valence-corrected chi connectivity index (χ4v) is 3.59. The minimum atomic E-state index is -0.192. The molecule has 0 saturated carbocycles. The minimum absolute atomic E-state index is 0.187. The van der Waals surface area contributed by atoms with E-state index in [2.05, 4.69) is 51.7 Å². The first-order valence-electron chi connectivity index (χ1n) is 13.3. The SMILES string of the molecule is CC.CCC.CCCCN(CCC)C(=O)CN1CCCc2cc(F)ccc21.Cc1ccccc1. The van der Waals surface area contributed by atoms with E-state index in [4.69, 9.17) is 0 Å². The van der Waals surface area contributed by atoms with Crippen LogP contribution in [0.3, 0.4) is 0 Å². The maximum atomic E-state index is 13.4. The Kier molecular flexibility index (Phi) is 18.7. The topological polar surface area (TPSA) is 23.6 Å². The number of unbranched alkanes of at least 4 members (excludes halogenated alkanes) is 1. The average molecular weight is 473 g/mol. The lowest BCUT2D eigenvalue weighted by atomic mass is 10.0. The third-order valence-corrected chi connectivity index (χ3v) is 5.15. The molecule has 0 aromatic heterocycles. The fourth-order valence-electron chi connectivity index (χ4n) is 3.59. The number of rotatable bonds is 7. The molecule has 34 heavy (non-hydrogen) atoms.